The summed E-state index contributed by atoms with van der Waals surface area (Å²) in [6, 6.07) is 15.0. The van der Waals surface area contributed by atoms with Gasteiger partial charge < -0.3 is 39.7 Å². The fourth-order valence-electron chi connectivity index (χ4n) is 3.17. The smallest absolute Gasteiger partial charge is 0.142 e. The summed E-state index contributed by atoms with van der Waals surface area (Å²) in [6.45, 7) is 2.12. The van der Waals surface area contributed by atoms with Gasteiger partial charge in [0, 0.05) is 26.2 Å². The van der Waals surface area contributed by atoms with Gasteiger partial charge in [-0.25, -0.2) is 0 Å². The van der Waals surface area contributed by atoms with Crippen molar-refractivity contribution in [3.63, 3.8) is 0 Å². The van der Waals surface area contributed by atoms with Crippen molar-refractivity contribution >= 4 is 11.4 Å². The number of hydrogen-bond donors (Lipinski definition) is 4. The van der Waals surface area contributed by atoms with Crippen LogP contribution in [0.5, 0.6) is 11.5 Å². The van der Waals surface area contributed by atoms with Crippen LogP contribution in [0.25, 0.3) is 0 Å². The highest BCUT2D eigenvalue weighted by atomic mass is 16.5. The van der Waals surface area contributed by atoms with E-state index >= 15 is 0 Å². The van der Waals surface area contributed by atoms with E-state index in [9.17, 15) is 20.4 Å². The largest absolute Gasteiger partial charge is 0.488 e. The lowest BCUT2D eigenvalue weighted by atomic mass is 10.2. The molecular formula is C22H32N2O6. The Bertz CT molecular complexity index is 657. The van der Waals surface area contributed by atoms with Gasteiger partial charge in [-0.15, -0.1) is 0 Å². The minimum atomic E-state index is -0.0214. The first-order valence-corrected chi connectivity index (χ1v) is 10.1. The first kappa shape index (κ1) is 23.8. The van der Waals surface area contributed by atoms with Crippen LogP contribution in [0, 0.1) is 0 Å². The van der Waals surface area contributed by atoms with E-state index < -0.39 is 0 Å². The van der Waals surface area contributed by atoms with Gasteiger partial charge in [0.25, 0.3) is 0 Å². The molecule has 0 spiro atoms. The second kappa shape index (κ2) is 13.7. The minimum Gasteiger partial charge on any atom is -0.488 e. The molecule has 8 nitrogen and oxygen atoms in total. The molecule has 8 heteroatoms. The van der Waals surface area contributed by atoms with Gasteiger partial charge in [-0.05, 0) is 24.3 Å². The zero-order valence-electron chi connectivity index (χ0n) is 17.2. The standard InChI is InChI=1S/C22H32N2O6/c25-13-9-23(10-14-26)19-5-1-3-7-21(19)29-17-18-30-22-8-4-2-6-20(22)24(11-15-27)12-16-28/h1-8,25-28H,9-18H2. The van der Waals surface area contributed by atoms with Crippen LogP contribution in [0.1, 0.15) is 0 Å². The molecule has 2 aromatic carbocycles. The molecular weight excluding hydrogens is 388 g/mol. The lowest BCUT2D eigenvalue weighted by Gasteiger charge is -2.26. The van der Waals surface area contributed by atoms with Crippen LogP contribution in [0.2, 0.25) is 0 Å². The molecule has 0 amide bonds. The summed E-state index contributed by atoms with van der Waals surface area (Å²) < 4.78 is 11.8. The monoisotopic (exact) mass is 420 g/mol. The quantitative estimate of drug-likeness (QED) is 0.313. The summed E-state index contributed by atoms with van der Waals surface area (Å²) in [6.07, 6.45) is 0. The van der Waals surface area contributed by atoms with Crippen LogP contribution in [-0.4, -0.2) is 86.2 Å². The molecule has 0 aliphatic heterocycles. The number of aliphatic hydroxyl groups excluding tert-OH is 4. The molecule has 0 radical (unpaired) electrons. The van der Waals surface area contributed by atoms with Gasteiger partial charge in [0.1, 0.15) is 24.7 Å². The molecule has 2 aromatic rings. The SMILES string of the molecule is OCCN(CCO)c1ccccc1OCCOc1ccccc1N(CCO)CCO. The fraction of sp³-hybridized carbons (Fsp3) is 0.455. The third-order valence-corrected chi connectivity index (χ3v) is 4.49. The highest BCUT2D eigenvalue weighted by Crippen LogP contribution is 2.29. The molecule has 4 N–H and O–H groups in total. The summed E-state index contributed by atoms with van der Waals surface area (Å²) in [4.78, 5) is 3.74. The van der Waals surface area contributed by atoms with E-state index in [2.05, 4.69) is 0 Å². The van der Waals surface area contributed by atoms with Crippen molar-refractivity contribution in [1.29, 1.82) is 0 Å². The number of benzene rings is 2. The average molecular weight is 421 g/mol. The van der Waals surface area contributed by atoms with Crippen LogP contribution in [0.3, 0.4) is 0 Å². The van der Waals surface area contributed by atoms with Crippen molar-refractivity contribution in [2.24, 2.45) is 0 Å². The Hall–Kier alpha value is -2.52. The van der Waals surface area contributed by atoms with Gasteiger partial charge >= 0.3 is 0 Å². The lowest BCUT2D eigenvalue weighted by Crippen LogP contribution is -2.30. The Kier molecular flexibility index (Phi) is 10.8. The fourth-order valence-corrected chi connectivity index (χ4v) is 3.17. The Morgan fingerprint density at radius 1 is 0.533 bits per heavy atom. The Balaban J connectivity index is 1.99. The number of rotatable bonds is 15. The Morgan fingerprint density at radius 2 is 0.867 bits per heavy atom. The molecule has 0 heterocycles. The van der Waals surface area contributed by atoms with Gasteiger partial charge in [-0.1, -0.05) is 24.3 Å². The predicted molar refractivity (Wildman–Crippen MR) is 117 cm³/mol. The first-order chi connectivity index (χ1) is 14.7. The van der Waals surface area contributed by atoms with Gasteiger partial charge in [0.2, 0.25) is 0 Å². The summed E-state index contributed by atoms with van der Waals surface area (Å²) in [7, 11) is 0. The van der Waals surface area contributed by atoms with Crippen molar-refractivity contribution < 1.29 is 29.9 Å². The Labute approximate surface area is 177 Å². The Morgan fingerprint density at radius 3 is 1.20 bits per heavy atom. The minimum absolute atomic E-state index is 0.0214. The van der Waals surface area contributed by atoms with Crippen molar-refractivity contribution in [1.82, 2.24) is 0 Å². The molecule has 0 saturated carbocycles. The van der Waals surface area contributed by atoms with Gasteiger partial charge in [-0.2, -0.15) is 0 Å². The van der Waals surface area contributed by atoms with Crippen LogP contribution in [0.4, 0.5) is 11.4 Å². The second-order valence-electron chi connectivity index (χ2n) is 6.50. The van der Waals surface area contributed by atoms with Crippen LogP contribution < -0.4 is 19.3 Å². The van der Waals surface area contributed by atoms with Crippen molar-refractivity contribution in [2.75, 3.05) is 75.6 Å². The maximum absolute atomic E-state index is 9.28. The first-order valence-electron chi connectivity index (χ1n) is 10.1. The molecule has 30 heavy (non-hydrogen) atoms. The summed E-state index contributed by atoms with van der Waals surface area (Å²) in [5, 5.41) is 37.1. The maximum Gasteiger partial charge on any atom is 0.142 e. The molecule has 166 valence electrons. The molecule has 0 fully saturated rings. The van der Waals surface area contributed by atoms with Crippen LogP contribution in [-0.2, 0) is 0 Å². The van der Waals surface area contributed by atoms with E-state index in [1.54, 1.807) is 0 Å². The molecule has 0 atom stereocenters. The van der Waals surface area contributed by atoms with Gasteiger partial charge in [0.15, 0.2) is 0 Å². The van der Waals surface area contributed by atoms with Crippen molar-refractivity contribution in [3.8, 4) is 11.5 Å². The molecule has 0 bridgehead atoms. The topological polar surface area (TPSA) is 106 Å². The van der Waals surface area contributed by atoms with E-state index in [1.807, 2.05) is 58.3 Å². The van der Waals surface area contributed by atoms with Crippen LogP contribution in [0.15, 0.2) is 48.5 Å². The van der Waals surface area contributed by atoms with Crippen LogP contribution >= 0.6 is 0 Å². The van der Waals surface area contributed by atoms with Crippen molar-refractivity contribution in [2.45, 2.75) is 0 Å². The van der Waals surface area contributed by atoms with Gasteiger partial charge in [-0.3, -0.25) is 0 Å². The second-order valence-corrected chi connectivity index (χ2v) is 6.50. The van der Waals surface area contributed by atoms with E-state index in [0.29, 0.717) is 50.9 Å². The van der Waals surface area contributed by atoms with E-state index in [4.69, 9.17) is 9.47 Å². The number of aliphatic hydroxyl groups is 4. The number of anilines is 2. The number of para-hydroxylation sites is 4. The normalized spacial score (nSPS) is 10.7. The third-order valence-electron chi connectivity index (χ3n) is 4.49. The molecule has 0 aromatic heterocycles. The zero-order valence-corrected chi connectivity index (χ0v) is 17.2. The molecule has 0 aliphatic rings. The zero-order chi connectivity index (χ0) is 21.6. The van der Waals surface area contributed by atoms with Crippen molar-refractivity contribution in [3.05, 3.63) is 48.5 Å². The van der Waals surface area contributed by atoms with Gasteiger partial charge in [0.05, 0.1) is 37.8 Å². The molecule has 0 saturated heterocycles. The third kappa shape index (κ3) is 7.07. The van der Waals surface area contributed by atoms with E-state index in [0.717, 1.165) is 11.4 Å². The number of nitrogens with zero attached hydrogens (tertiary/aromatic N) is 2. The maximum atomic E-state index is 9.28. The average Bonchev–Trinajstić information content (AvgIpc) is 2.77. The summed E-state index contributed by atoms with van der Waals surface area (Å²) >= 11 is 0. The van der Waals surface area contributed by atoms with E-state index in [1.165, 1.54) is 0 Å². The molecule has 0 unspecified atom stereocenters. The number of hydrogen-bond acceptors (Lipinski definition) is 8. The predicted octanol–water partition coefficient (Wildman–Crippen LogP) is 0.726. The van der Waals surface area contributed by atoms with E-state index in [-0.39, 0.29) is 26.4 Å². The summed E-state index contributed by atoms with van der Waals surface area (Å²) in [5.41, 5.74) is 1.61. The molecule has 2 rings (SSSR count). The highest BCUT2D eigenvalue weighted by molar-refractivity contribution is 5.59. The number of ether oxygens (including phenoxy) is 2. The highest BCUT2D eigenvalue weighted by Gasteiger charge is 2.13. The molecule has 0 aliphatic carbocycles. The lowest BCUT2D eigenvalue weighted by molar-refractivity contribution is 0.216. The summed E-state index contributed by atoms with van der Waals surface area (Å²) in [5.74, 6) is 1.30.